The van der Waals surface area contributed by atoms with Gasteiger partial charge in [-0.1, -0.05) is 12.1 Å². The van der Waals surface area contributed by atoms with Gasteiger partial charge >= 0.3 is 0 Å². The van der Waals surface area contributed by atoms with Crippen molar-refractivity contribution >= 4 is 0 Å². The molecule has 104 valence electrons. The van der Waals surface area contributed by atoms with Gasteiger partial charge in [0.05, 0.1) is 7.11 Å². The summed E-state index contributed by atoms with van der Waals surface area (Å²) in [4.78, 5) is 2.61. The first-order chi connectivity index (χ1) is 9.26. The predicted molar refractivity (Wildman–Crippen MR) is 77.5 cm³/mol. The maximum Gasteiger partial charge on any atom is 0.121 e. The molecule has 1 N–H and O–H groups in total. The molecule has 0 aromatic heterocycles. The van der Waals surface area contributed by atoms with Crippen molar-refractivity contribution in [1.29, 1.82) is 0 Å². The Morgan fingerprint density at radius 3 is 2.95 bits per heavy atom. The van der Waals surface area contributed by atoms with Crippen LogP contribution in [0.5, 0.6) is 5.75 Å². The summed E-state index contributed by atoms with van der Waals surface area (Å²) >= 11 is 0. The number of piperidine rings is 1. The molecule has 0 aliphatic carbocycles. The van der Waals surface area contributed by atoms with E-state index in [1.807, 2.05) is 0 Å². The molecule has 2 fully saturated rings. The number of nitrogens with zero attached hydrogens (tertiary/aromatic N) is 1. The molecule has 2 aliphatic rings. The minimum absolute atomic E-state index is 0.869. The van der Waals surface area contributed by atoms with Gasteiger partial charge in [-0.15, -0.1) is 0 Å². The number of methoxy groups -OCH3 is 1. The molecular weight excluding hydrogens is 236 g/mol. The van der Waals surface area contributed by atoms with Crippen molar-refractivity contribution in [3.63, 3.8) is 0 Å². The molecule has 2 aliphatic heterocycles. The van der Waals surface area contributed by atoms with E-state index in [4.69, 9.17) is 4.74 Å². The number of hydrogen-bond donors (Lipinski definition) is 1. The molecule has 0 bridgehead atoms. The van der Waals surface area contributed by atoms with Gasteiger partial charge in [0.25, 0.3) is 0 Å². The summed E-state index contributed by atoms with van der Waals surface area (Å²) in [6.07, 6.45) is 1.35. The Balaban J connectivity index is 1.63. The van der Waals surface area contributed by atoms with E-state index >= 15 is 0 Å². The number of ether oxygens (including phenoxy) is 1. The lowest BCUT2D eigenvalue weighted by Crippen LogP contribution is -2.39. The molecule has 3 heteroatoms. The van der Waals surface area contributed by atoms with Crippen LogP contribution in [-0.4, -0.2) is 38.2 Å². The van der Waals surface area contributed by atoms with Crippen molar-refractivity contribution in [3.8, 4) is 5.75 Å². The molecule has 2 heterocycles. The SMILES string of the molecule is COc1ccc(CN2CCC3CNCC3C2)cc1C. The highest BCUT2D eigenvalue weighted by Gasteiger charge is 2.32. The van der Waals surface area contributed by atoms with E-state index in [0.717, 1.165) is 24.1 Å². The smallest absolute Gasteiger partial charge is 0.121 e. The van der Waals surface area contributed by atoms with E-state index in [0.29, 0.717) is 0 Å². The third-order valence-corrected chi connectivity index (χ3v) is 4.65. The van der Waals surface area contributed by atoms with Crippen LogP contribution in [0.3, 0.4) is 0 Å². The third kappa shape index (κ3) is 2.77. The quantitative estimate of drug-likeness (QED) is 0.900. The molecule has 2 atom stereocenters. The molecule has 1 aromatic rings. The van der Waals surface area contributed by atoms with Crippen LogP contribution in [-0.2, 0) is 6.54 Å². The van der Waals surface area contributed by atoms with Crippen LogP contribution in [0.25, 0.3) is 0 Å². The number of likely N-dealkylation sites (tertiary alicyclic amines) is 1. The number of fused-ring (bicyclic) bond motifs is 1. The van der Waals surface area contributed by atoms with Crippen LogP contribution in [0.4, 0.5) is 0 Å². The van der Waals surface area contributed by atoms with Crippen LogP contribution in [0, 0.1) is 18.8 Å². The first-order valence-corrected chi connectivity index (χ1v) is 7.33. The van der Waals surface area contributed by atoms with Crippen molar-refractivity contribution in [3.05, 3.63) is 29.3 Å². The average Bonchev–Trinajstić information content (AvgIpc) is 2.86. The summed E-state index contributed by atoms with van der Waals surface area (Å²) < 4.78 is 5.32. The summed E-state index contributed by atoms with van der Waals surface area (Å²) in [6.45, 7) is 8.14. The molecule has 0 amide bonds. The number of hydrogen-bond acceptors (Lipinski definition) is 3. The minimum Gasteiger partial charge on any atom is -0.496 e. The first-order valence-electron chi connectivity index (χ1n) is 7.33. The van der Waals surface area contributed by atoms with E-state index in [-0.39, 0.29) is 0 Å². The maximum atomic E-state index is 5.32. The van der Waals surface area contributed by atoms with Crippen LogP contribution >= 0.6 is 0 Å². The molecule has 1 aromatic carbocycles. The standard InChI is InChI=1S/C16H24N2O/c1-12-7-13(3-4-16(12)19-2)10-18-6-5-14-8-17-9-15(14)11-18/h3-4,7,14-15,17H,5-6,8-11H2,1-2H3. The Hall–Kier alpha value is -1.06. The number of benzene rings is 1. The normalized spacial score (nSPS) is 27.3. The van der Waals surface area contributed by atoms with Crippen molar-refractivity contribution in [2.75, 3.05) is 33.3 Å². The number of nitrogens with one attached hydrogen (secondary N) is 1. The lowest BCUT2D eigenvalue weighted by Gasteiger charge is -2.34. The lowest BCUT2D eigenvalue weighted by atomic mass is 9.88. The van der Waals surface area contributed by atoms with Crippen molar-refractivity contribution < 1.29 is 4.74 Å². The minimum atomic E-state index is 0.869. The average molecular weight is 260 g/mol. The highest BCUT2D eigenvalue weighted by atomic mass is 16.5. The fourth-order valence-electron chi connectivity index (χ4n) is 3.55. The van der Waals surface area contributed by atoms with Gasteiger partial charge in [-0.3, -0.25) is 4.90 Å². The second kappa shape index (κ2) is 5.51. The van der Waals surface area contributed by atoms with Gasteiger partial charge in [0.1, 0.15) is 5.75 Å². The molecule has 19 heavy (non-hydrogen) atoms. The molecule has 3 rings (SSSR count). The molecule has 0 saturated carbocycles. The van der Waals surface area contributed by atoms with Crippen molar-refractivity contribution in [2.24, 2.45) is 11.8 Å². The van der Waals surface area contributed by atoms with Crippen LogP contribution in [0.1, 0.15) is 17.5 Å². The summed E-state index contributed by atoms with van der Waals surface area (Å²) in [7, 11) is 1.74. The van der Waals surface area contributed by atoms with Crippen LogP contribution in [0.15, 0.2) is 18.2 Å². The van der Waals surface area contributed by atoms with Gasteiger partial charge in [-0.05, 0) is 62.0 Å². The van der Waals surface area contributed by atoms with E-state index < -0.39 is 0 Å². The summed E-state index contributed by atoms with van der Waals surface area (Å²) in [5.41, 5.74) is 2.64. The van der Waals surface area contributed by atoms with Gasteiger partial charge in [0.15, 0.2) is 0 Å². The van der Waals surface area contributed by atoms with Crippen molar-refractivity contribution in [2.45, 2.75) is 19.9 Å². The Bertz CT molecular complexity index is 446. The van der Waals surface area contributed by atoms with Gasteiger partial charge in [-0.25, -0.2) is 0 Å². The number of aryl methyl sites for hydroxylation is 1. The summed E-state index contributed by atoms with van der Waals surface area (Å²) in [6, 6.07) is 6.55. The first kappa shape index (κ1) is 12.9. The Morgan fingerprint density at radius 2 is 2.16 bits per heavy atom. The second-order valence-corrected chi connectivity index (χ2v) is 6.01. The van der Waals surface area contributed by atoms with E-state index in [9.17, 15) is 0 Å². The molecular formula is C16H24N2O. The molecule has 0 radical (unpaired) electrons. The van der Waals surface area contributed by atoms with Gasteiger partial charge < -0.3 is 10.1 Å². The van der Waals surface area contributed by atoms with Gasteiger partial charge in [-0.2, -0.15) is 0 Å². The molecule has 2 saturated heterocycles. The fourth-order valence-corrected chi connectivity index (χ4v) is 3.55. The van der Waals surface area contributed by atoms with Gasteiger partial charge in [0.2, 0.25) is 0 Å². The van der Waals surface area contributed by atoms with Crippen LogP contribution < -0.4 is 10.1 Å². The summed E-state index contributed by atoms with van der Waals surface area (Å²) in [5, 5.41) is 3.53. The van der Waals surface area contributed by atoms with Crippen LogP contribution in [0.2, 0.25) is 0 Å². The largest absolute Gasteiger partial charge is 0.496 e. The molecule has 3 nitrogen and oxygen atoms in total. The topological polar surface area (TPSA) is 24.5 Å². The maximum absolute atomic E-state index is 5.32. The molecule has 0 spiro atoms. The van der Waals surface area contributed by atoms with E-state index in [1.54, 1.807) is 7.11 Å². The van der Waals surface area contributed by atoms with Gasteiger partial charge in [0, 0.05) is 13.1 Å². The summed E-state index contributed by atoms with van der Waals surface area (Å²) in [5.74, 6) is 2.78. The highest BCUT2D eigenvalue weighted by molar-refractivity contribution is 5.36. The Kier molecular flexibility index (Phi) is 3.76. The Labute approximate surface area is 115 Å². The number of rotatable bonds is 3. The predicted octanol–water partition coefficient (Wildman–Crippen LogP) is 2.04. The van der Waals surface area contributed by atoms with E-state index in [1.165, 1.54) is 43.7 Å². The zero-order valence-corrected chi connectivity index (χ0v) is 12.0. The zero-order valence-electron chi connectivity index (χ0n) is 12.0. The molecule has 2 unspecified atom stereocenters. The lowest BCUT2D eigenvalue weighted by molar-refractivity contribution is 0.142. The zero-order chi connectivity index (χ0) is 13.2. The second-order valence-electron chi connectivity index (χ2n) is 6.01. The Morgan fingerprint density at radius 1 is 1.32 bits per heavy atom. The monoisotopic (exact) mass is 260 g/mol. The van der Waals surface area contributed by atoms with Crippen molar-refractivity contribution in [1.82, 2.24) is 10.2 Å². The highest BCUT2D eigenvalue weighted by Crippen LogP contribution is 2.28. The fraction of sp³-hybridized carbons (Fsp3) is 0.625. The third-order valence-electron chi connectivity index (χ3n) is 4.65. The van der Waals surface area contributed by atoms with E-state index in [2.05, 4.69) is 35.3 Å².